The molecule has 0 unspecified atom stereocenters. The summed E-state index contributed by atoms with van der Waals surface area (Å²) in [5.41, 5.74) is -0.590. The van der Waals surface area contributed by atoms with Crippen LogP contribution in [0.4, 0.5) is 0 Å². The number of esters is 1. The number of aromatic amines is 1. The van der Waals surface area contributed by atoms with E-state index in [9.17, 15) is 9.59 Å². The van der Waals surface area contributed by atoms with Gasteiger partial charge in [0.1, 0.15) is 10.6 Å². The van der Waals surface area contributed by atoms with Crippen molar-refractivity contribution >= 4 is 17.6 Å². The highest BCUT2D eigenvalue weighted by Crippen LogP contribution is 2.01. The largest absolute Gasteiger partial charge is 0.462 e. The number of nitrogens with one attached hydrogen (secondary N) is 1. The second-order valence-electron chi connectivity index (χ2n) is 2.27. The van der Waals surface area contributed by atoms with E-state index in [0.717, 1.165) is 0 Å². The van der Waals surface area contributed by atoms with Crippen LogP contribution in [0, 0.1) is 0 Å². The molecule has 0 aliphatic carbocycles. The quantitative estimate of drug-likeness (QED) is 0.732. The van der Waals surface area contributed by atoms with Crippen LogP contribution in [0.5, 0.6) is 0 Å². The number of pyridine rings is 1. The lowest BCUT2D eigenvalue weighted by Gasteiger charge is -2.00. The summed E-state index contributed by atoms with van der Waals surface area (Å²) in [6.07, 6.45) is 2.58. The molecule has 0 saturated heterocycles. The fourth-order valence-corrected chi connectivity index (χ4v) is 0.983. The monoisotopic (exact) mass is 201 g/mol. The van der Waals surface area contributed by atoms with E-state index in [1.165, 1.54) is 12.4 Å². The molecular weight excluding hydrogens is 194 g/mol. The van der Waals surface area contributed by atoms with Gasteiger partial charge in [-0.25, -0.2) is 4.79 Å². The number of carbonyl (C=O) groups excluding carboxylic acids is 1. The van der Waals surface area contributed by atoms with E-state index in [4.69, 9.17) is 11.6 Å². The van der Waals surface area contributed by atoms with Crippen LogP contribution >= 0.6 is 11.6 Å². The lowest BCUT2D eigenvalue weighted by atomic mass is 10.3. The van der Waals surface area contributed by atoms with E-state index in [1.54, 1.807) is 6.92 Å². The van der Waals surface area contributed by atoms with Crippen LogP contribution in [-0.2, 0) is 4.74 Å². The van der Waals surface area contributed by atoms with Gasteiger partial charge in [-0.1, -0.05) is 11.6 Å². The predicted octanol–water partition coefficient (Wildman–Crippen LogP) is 1.21. The standard InChI is InChI=1S/C8H8ClNO3/c1-2-13-8(12)5-3-10-4-6(9)7(5)11/h3-4H,2H2,1H3,(H,10,11). The lowest BCUT2D eigenvalue weighted by Crippen LogP contribution is -2.17. The summed E-state index contributed by atoms with van der Waals surface area (Å²) in [6.45, 7) is 1.89. The highest BCUT2D eigenvalue weighted by molar-refractivity contribution is 6.30. The summed E-state index contributed by atoms with van der Waals surface area (Å²) >= 11 is 5.51. The Morgan fingerprint density at radius 3 is 2.92 bits per heavy atom. The summed E-state index contributed by atoms with van der Waals surface area (Å²) in [4.78, 5) is 24.9. The Labute approximate surface area is 79.5 Å². The summed E-state index contributed by atoms with van der Waals surface area (Å²) in [6, 6.07) is 0. The fourth-order valence-electron chi connectivity index (χ4n) is 0.818. The van der Waals surface area contributed by atoms with Gasteiger partial charge >= 0.3 is 5.97 Å². The van der Waals surface area contributed by atoms with Crippen LogP contribution < -0.4 is 5.43 Å². The van der Waals surface area contributed by atoms with Crippen molar-refractivity contribution in [3.05, 3.63) is 33.2 Å². The van der Waals surface area contributed by atoms with Crippen LogP contribution in [0.25, 0.3) is 0 Å². The number of halogens is 1. The minimum Gasteiger partial charge on any atom is -0.462 e. The van der Waals surface area contributed by atoms with E-state index in [-0.39, 0.29) is 17.2 Å². The average molecular weight is 202 g/mol. The van der Waals surface area contributed by atoms with E-state index in [2.05, 4.69) is 9.72 Å². The molecule has 1 aromatic heterocycles. The second kappa shape index (κ2) is 4.09. The zero-order chi connectivity index (χ0) is 9.84. The van der Waals surface area contributed by atoms with Gasteiger partial charge in [-0.15, -0.1) is 0 Å². The van der Waals surface area contributed by atoms with Gasteiger partial charge in [0.05, 0.1) is 6.61 Å². The number of aromatic nitrogens is 1. The van der Waals surface area contributed by atoms with E-state index in [0.29, 0.717) is 0 Å². The van der Waals surface area contributed by atoms with Crippen LogP contribution in [0.2, 0.25) is 5.02 Å². The fraction of sp³-hybridized carbons (Fsp3) is 0.250. The summed E-state index contributed by atoms with van der Waals surface area (Å²) < 4.78 is 4.65. The molecule has 5 heteroatoms. The van der Waals surface area contributed by atoms with Gasteiger partial charge in [-0.3, -0.25) is 4.79 Å². The Balaban J connectivity index is 3.08. The number of ether oxygens (including phenoxy) is 1. The molecule has 0 aromatic carbocycles. The molecule has 1 rings (SSSR count). The molecule has 0 aliphatic heterocycles. The minimum absolute atomic E-state index is 0.0226. The van der Waals surface area contributed by atoms with Gasteiger partial charge in [-0.05, 0) is 6.92 Å². The van der Waals surface area contributed by atoms with Crippen molar-refractivity contribution in [3.63, 3.8) is 0 Å². The van der Waals surface area contributed by atoms with Crippen LogP contribution in [0.3, 0.4) is 0 Å². The third-order valence-corrected chi connectivity index (χ3v) is 1.68. The molecule has 0 atom stereocenters. The van der Waals surface area contributed by atoms with E-state index in [1.807, 2.05) is 0 Å². The SMILES string of the molecule is CCOC(=O)c1c[nH]cc(Cl)c1=O. The van der Waals surface area contributed by atoms with Crippen LogP contribution in [-0.4, -0.2) is 17.6 Å². The van der Waals surface area contributed by atoms with Crippen LogP contribution in [0.15, 0.2) is 17.2 Å². The molecular formula is C8H8ClNO3. The molecule has 1 aromatic rings. The number of rotatable bonds is 2. The van der Waals surface area contributed by atoms with Crippen molar-refractivity contribution in [1.82, 2.24) is 4.98 Å². The molecule has 4 nitrogen and oxygen atoms in total. The Bertz CT molecular complexity index is 372. The van der Waals surface area contributed by atoms with Gasteiger partial charge < -0.3 is 9.72 Å². The highest BCUT2D eigenvalue weighted by Gasteiger charge is 2.12. The summed E-state index contributed by atoms with van der Waals surface area (Å²) in [7, 11) is 0. The molecule has 0 bridgehead atoms. The van der Waals surface area contributed by atoms with E-state index < -0.39 is 11.4 Å². The zero-order valence-electron chi connectivity index (χ0n) is 6.96. The first-order chi connectivity index (χ1) is 6.16. The highest BCUT2D eigenvalue weighted by atomic mass is 35.5. The second-order valence-corrected chi connectivity index (χ2v) is 2.67. The first-order valence-electron chi connectivity index (χ1n) is 3.70. The first kappa shape index (κ1) is 9.80. The Kier molecular flexibility index (Phi) is 3.08. The van der Waals surface area contributed by atoms with Gasteiger partial charge in [0.15, 0.2) is 0 Å². The van der Waals surface area contributed by atoms with E-state index >= 15 is 0 Å². The zero-order valence-corrected chi connectivity index (χ0v) is 7.72. The van der Waals surface area contributed by atoms with Gasteiger partial charge in [0.25, 0.3) is 0 Å². The number of hydrogen-bond donors (Lipinski definition) is 1. The predicted molar refractivity (Wildman–Crippen MR) is 48.0 cm³/mol. The maximum atomic E-state index is 11.2. The smallest absolute Gasteiger partial charge is 0.343 e. The molecule has 1 heterocycles. The topological polar surface area (TPSA) is 59.2 Å². The third-order valence-electron chi connectivity index (χ3n) is 1.39. The molecule has 0 spiro atoms. The lowest BCUT2D eigenvalue weighted by molar-refractivity contribution is 0.0524. The third kappa shape index (κ3) is 2.09. The maximum absolute atomic E-state index is 11.2. The molecule has 13 heavy (non-hydrogen) atoms. The van der Waals surface area contributed by atoms with Crippen molar-refractivity contribution in [2.75, 3.05) is 6.61 Å². The van der Waals surface area contributed by atoms with Crippen molar-refractivity contribution in [2.24, 2.45) is 0 Å². The summed E-state index contributed by atoms with van der Waals surface area (Å²) in [5, 5.41) is -0.0226. The summed E-state index contributed by atoms with van der Waals surface area (Å²) in [5.74, 6) is -0.661. The van der Waals surface area contributed by atoms with Crippen molar-refractivity contribution in [1.29, 1.82) is 0 Å². The Morgan fingerprint density at radius 2 is 2.31 bits per heavy atom. The molecule has 0 fully saturated rings. The van der Waals surface area contributed by atoms with Crippen LogP contribution in [0.1, 0.15) is 17.3 Å². The normalized spacial score (nSPS) is 9.69. The van der Waals surface area contributed by atoms with Gasteiger partial charge in [0, 0.05) is 12.4 Å². The number of H-pyrrole nitrogens is 1. The van der Waals surface area contributed by atoms with Crippen molar-refractivity contribution < 1.29 is 9.53 Å². The molecule has 70 valence electrons. The van der Waals surface area contributed by atoms with Gasteiger partial charge in [-0.2, -0.15) is 0 Å². The minimum atomic E-state index is -0.661. The number of carbonyl (C=O) groups is 1. The average Bonchev–Trinajstić information content (AvgIpc) is 2.10. The molecule has 1 N–H and O–H groups in total. The van der Waals surface area contributed by atoms with Gasteiger partial charge in [0.2, 0.25) is 5.43 Å². The van der Waals surface area contributed by atoms with Crippen molar-refractivity contribution in [3.8, 4) is 0 Å². The molecule has 0 aliphatic rings. The molecule has 0 amide bonds. The molecule has 0 saturated carbocycles. The molecule has 0 radical (unpaired) electrons. The number of hydrogen-bond acceptors (Lipinski definition) is 3. The Morgan fingerprint density at radius 1 is 1.62 bits per heavy atom. The van der Waals surface area contributed by atoms with Crippen molar-refractivity contribution in [2.45, 2.75) is 6.92 Å². The first-order valence-corrected chi connectivity index (χ1v) is 4.08. The Hall–Kier alpha value is -1.29. The maximum Gasteiger partial charge on any atom is 0.343 e.